The lowest BCUT2D eigenvalue weighted by molar-refractivity contribution is -0.129. The van der Waals surface area contributed by atoms with Crippen LogP contribution in [0.15, 0.2) is 145 Å². The van der Waals surface area contributed by atoms with Crippen molar-refractivity contribution in [1.29, 1.82) is 0 Å². The smallest absolute Gasteiger partial charge is 0.343 e. The van der Waals surface area contributed by atoms with Crippen LogP contribution in [0.5, 0.6) is 11.5 Å². The van der Waals surface area contributed by atoms with Gasteiger partial charge in [-0.25, -0.2) is 15.0 Å². The molecular weight excluding hydrogens is 594 g/mol. The number of nitrogens with zero attached hydrogens (tertiary/aromatic N) is 1. The molecule has 0 aliphatic heterocycles. The number of anilines is 1. The zero-order chi connectivity index (χ0) is 32.8. The highest BCUT2D eigenvalue weighted by Gasteiger charge is 2.12. The van der Waals surface area contributed by atoms with Crippen LogP contribution in [0.2, 0.25) is 0 Å². The topological polar surface area (TPSA) is 123 Å². The predicted molar refractivity (Wildman–Crippen MR) is 179 cm³/mol. The van der Waals surface area contributed by atoms with Crippen LogP contribution in [0.3, 0.4) is 0 Å². The second-order valence-corrected chi connectivity index (χ2v) is 10.1. The van der Waals surface area contributed by atoms with Crippen LogP contribution in [0.4, 0.5) is 5.69 Å². The molecule has 5 aromatic carbocycles. The van der Waals surface area contributed by atoms with Gasteiger partial charge in [-0.15, -0.1) is 0 Å². The zero-order valence-electron chi connectivity index (χ0n) is 25.0. The van der Waals surface area contributed by atoms with Crippen LogP contribution in [0.1, 0.15) is 37.4 Å². The van der Waals surface area contributed by atoms with Gasteiger partial charge in [-0.05, 0) is 66.2 Å². The van der Waals surface area contributed by atoms with Crippen LogP contribution < -0.4 is 20.2 Å². The normalized spacial score (nSPS) is 10.8. The monoisotopic (exact) mass is 623 g/mol. The molecule has 0 aliphatic rings. The summed E-state index contributed by atoms with van der Waals surface area (Å²) in [6.45, 7) is 0. The SMILES string of the molecule is O=C(Cc1ccccc1)Nc1ccc(C(=O)N/N=C/c2ccccc2OC(=O)/C=C/c2ccccc2OC(=O)c2ccccc2)cc1. The van der Waals surface area contributed by atoms with E-state index in [2.05, 4.69) is 15.8 Å². The maximum atomic E-state index is 12.7. The lowest BCUT2D eigenvalue weighted by atomic mass is 10.1. The molecule has 0 radical (unpaired) electrons. The van der Waals surface area contributed by atoms with Gasteiger partial charge in [0, 0.05) is 28.5 Å². The number of nitrogens with one attached hydrogen (secondary N) is 2. The predicted octanol–water partition coefficient (Wildman–Crippen LogP) is 6.47. The van der Waals surface area contributed by atoms with Gasteiger partial charge in [0.15, 0.2) is 0 Å². The molecule has 0 aliphatic carbocycles. The van der Waals surface area contributed by atoms with Crippen molar-refractivity contribution in [1.82, 2.24) is 5.43 Å². The number of hydrazone groups is 1. The Bertz CT molecular complexity index is 1920. The summed E-state index contributed by atoms with van der Waals surface area (Å²) in [6.07, 6.45) is 4.32. The average molecular weight is 624 g/mol. The van der Waals surface area contributed by atoms with Crippen LogP contribution in [-0.4, -0.2) is 30.0 Å². The molecule has 0 saturated heterocycles. The number of hydrogen-bond donors (Lipinski definition) is 2. The van der Waals surface area contributed by atoms with Gasteiger partial charge in [0.25, 0.3) is 5.91 Å². The minimum Gasteiger partial charge on any atom is -0.423 e. The quantitative estimate of drug-likeness (QED) is 0.0572. The fourth-order valence-corrected chi connectivity index (χ4v) is 4.34. The standard InChI is InChI=1S/C38H29N3O6/c42-35(25-27-11-3-1-4-12-27)40-32-22-19-29(20-23-32)37(44)41-39-26-31-16-8-10-18-34(31)46-36(43)24-21-28-13-7-9-17-33(28)47-38(45)30-14-5-2-6-15-30/h1-24,26H,25H2,(H,40,42)(H,41,44)/b24-21+,39-26+. The van der Waals surface area contributed by atoms with E-state index in [9.17, 15) is 19.2 Å². The number of para-hydroxylation sites is 2. The van der Waals surface area contributed by atoms with E-state index in [1.807, 2.05) is 30.3 Å². The Labute approximate surface area is 271 Å². The Morgan fingerprint density at radius 2 is 1.21 bits per heavy atom. The molecular formula is C38H29N3O6. The second-order valence-electron chi connectivity index (χ2n) is 10.1. The maximum Gasteiger partial charge on any atom is 0.343 e. The molecule has 0 heterocycles. The number of benzene rings is 5. The second kappa shape index (κ2) is 15.9. The van der Waals surface area contributed by atoms with E-state index in [1.54, 1.807) is 103 Å². The highest BCUT2D eigenvalue weighted by atomic mass is 16.5. The summed E-state index contributed by atoms with van der Waals surface area (Å²) in [5.74, 6) is -1.31. The van der Waals surface area contributed by atoms with Gasteiger partial charge in [-0.3, -0.25) is 9.59 Å². The number of ether oxygens (including phenoxy) is 2. The molecule has 0 bridgehead atoms. The highest BCUT2D eigenvalue weighted by molar-refractivity contribution is 5.97. The molecule has 9 nitrogen and oxygen atoms in total. The molecule has 0 spiro atoms. The Kier molecular flexibility index (Phi) is 10.8. The van der Waals surface area contributed by atoms with Gasteiger partial charge in [0.1, 0.15) is 11.5 Å². The first-order valence-electron chi connectivity index (χ1n) is 14.6. The summed E-state index contributed by atoms with van der Waals surface area (Å²) in [7, 11) is 0. The Hall–Kier alpha value is -6.61. The van der Waals surface area contributed by atoms with Crippen molar-refractivity contribution in [3.8, 4) is 11.5 Å². The number of amides is 2. The third kappa shape index (κ3) is 9.44. The van der Waals surface area contributed by atoms with Crippen LogP contribution in [0.25, 0.3) is 6.08 Å². The molecule has 0 atom stereocenters. The first-order valence-corrected chi connectivity index (χ1v) is 14.6. The van der Waals surface area contributed by atoms with E-state index >= 15 is 0 Å². The first-order chi connectivity index (χ1) is 22.9. The van der Waals surface area contributed by atoms with E-state index in [1.165, 1.54) is 18.4 Å². The van der Waals surface area contributed by atoms with Gasteiger partial charge in [0.05, 0.1) is 18.2 Å². The molecule has 5 rings (SSSR count). The molecule has 0 saturated carbocycles. The van der Waals surface area contributed by atoms with Crippen molar-refractivity contribution in [2.24, 2.45) is 5.10 Å². The van der Waals surface area contributed by atoms with Gasteiger partial charge >= 0.3 is 11.9 Å². The largest absolute Gasteiger partial charge is 0.423 e. The number of carbonyl (C=O) groups excluding carboxylic acids is 4. The first kappa shape index (κ1) is 31.8. The molecule has 0 unspecified atom stereocenters. The minimum absolute atomic E-state index is 0.165. The van der Waals surface area contributed by atoms with Crippen molar-refractivity contribution in [3.05, 3.63) is 167 Å². The number of rotatable bonds is 11. The van der Waals surface area contributed by atoms with Gasteiger partial charge in [-0.2, -0.15) is 5.10 Å². The third-order valence-corrected chi connectivity index (χ3v) is 6.67. The summed E-state index contributed by atoms with van der Waals surface area (Å²) in [6, 6.07) is 37.9. The minimum atomic E-state index is -0.671. The molecule has 232 valence electrons. The van der Waals surface area contributed by atoms with E-state index in [0.29, 0.717) is 27.9 Å². The Morgan fingerprint density at radius 1 is 0.617 bits per heavy atom. The van der Waals surface area contributed by atoms with Crippen LogP contribution in [-0.2, 0) is 16.0 Å². The van der Waals surface area contributed by atoms with Gasteiger partial charge in [-0.1, -0.05) is 78.9 Å². The van der Waals surface area contributed by atoms with E-state index in [4.69, 9.17) is 9.47 Å². The number of hydrogen-bond acceptors (Lipinski definition) is 7. The van der Waals surface area contributed by atoms with Crippen LogP contribution in [0, 0.1) is 0 Å². The average Bonchev–Trinajstić information content (AvgIpc) is 3.09. The van der Waals surface area contributed by atoms with E-state index in [-0.39, 0.29) is 23.8 Å². The summed E-state index contributed by atoms with van der Waals surface area (Å²) in [4.78, 5) is 50.1. The lowest BCUT2D eigenvalue weighted by Gasteiger charge is -2.08. The molecule has 0 fully saturated rings. The maximum absolute atomic E-state index is 12.7. The van der Waals surface area contributed by atoms with E-state index in [0.717, 1.165) is 5.56 Å². The Morgan fingerprint density at radius 3 is 1.91 bits per heavy atom. The fraction of sp³-hybridized carbons (Fsp3) is 0.0263. The Balaban J connectivity index is 1.15. The van der Waals surface area contributed by atoms with Crippen molar-refractivity contribution in [3.63, 3.8) is 0 Å². The number of esters is 2. The molecule has 2 N–H and O–H groups in total. The highest BCUT2D eigenvalue weighted by Crippen LogP contribution is 2.22. The fourth-order valence-electron chi connectivity index (χ4n) is 4.34. The summed E-state index contributed by atoms with van der Waals surface area (Å²) in [5.41, 5.74) is 5.60. The van der Waals surface area contributed by atoms with Gasteiger partial charge < -0.3 is 14.8 Å². The van der Waals surface area contributed by atoms with Crippen LogP contribution >= 0.6 is 0 Å². The third-order valence-electron chi connectivity index (χ3n) is 6.67. The lowest BCUT2D eigenvalue weighted by Crippen LogP contribution is -2.18. The van der Waals surface area contributed by atoms with E-state index < -0.39 is 17.8 Å². The molecule has 0 aromatic heterocycles. The van der Waals surface area contributed by atoms with Crippen molar-refractivity contribution < 1.29 is 28.7 Å². The molecule has 5 aromatic rings. The molecule has 2 amide bonds. The summed E-state index contributed by atoms with van der Waals surface area (Å²) in [5, 5.41) is 6.82. The van der Waals surface area contributed by atoms with Gasteiger partial charge in [0.2, 0.25) is 5.91 Å². The van der Waals surface area contributed by atoms with Crippen molar-refractivity contribution in [2.45, 2.75) is 6.42 Å². The molecule has 9 heteroatoms. The summed E-state index contributed by atoms with van der Waals surface area (Å²) < 4.78 is 11.0. The van der Waals surface area contributed by atoms with Crippen molar-refractivity contribution >= 4 is 41.7 Å². The summed E-state index contributed by atoms with van der Waals surface area (Å²) >= 11 is 0. The molecule has 47 heavy (non-hydrogen) atoms. The van der Waals surface area contributed by atoms with Crippen molar-refractivity contribution in [2.75, 3.05) is 5.32 Å². The number of carbonyl (C=O) groups is 4. The zero-order valence-corrected chi connectivity index (χ0v) is 25.0.